The van der Waals surface area contributed by atoms with Crippen molar-refractivity contribution in [2.75, 3.05) is 6.26 Å². The second-order valence-corrected chi connectivity index (χ2v) is 4.58. The molecule has 3 heteroatoms. The summed E-state index contributed by atoms with van der Waals surface area (Å²) in [6.07, 6.45) is 3.45. The van der Waals surface area contributed by atoms with E-state index in [9.17, 15) is 4.21 Å². The van der Waals surface area contributed by atoms with E-state index in [0.29, 0.717) is 0 Å². The number of fused-ring (bicyclic) bond motifs is 1. The van der Waals surface area contributed by atoms with Crippen LogP contribution in [0.2, 0.25) is 0 Å². The van der Waals surface area contributed by atoms with E-state index in [1.165, 1.54) is 0 Å². The van der Waals surface area contributed by atoms with Crippen molar-refractivity contribution >= 4 is 21.7 Å². The summed E-state index contributed by atoms with van der Waals surface area (Å²) >= 11 is 0. The highest BCUT2D eigenvalue weighted by atomic mass is 32.2. The van der Waals surface area contributed by atoms with Gasteiger partial charge in [-0.25, -0.2) is 0 Å². The first-order chi connectivity index (χ1) is 6.70. The zero-order valence-electron chi connectivity index (χ0n) is 8.15. The van der Waals surface area contributed by atoms with Crippen LogP contribution in [-0.2, 0) is 10.8 Å². The Labute approximate surface area is 85.4 Å². The lowest BCUT2D eigenvalue weighted by Gasteiger charge is -2.04. The van der Waals surface area contributed by atoms with Crippen LogP contribution in [0.15, 0.2) is 35.4 Å². The molecule has 2 nitrogen and oxygen atoms in total. The summed E-state index contributed by atoms with van der Waals surface area (Å²) in [6, 6.07) is 7.71. The van der Waals surface area contributed by atoms with Gasteiger partial charge in [0.2, 0.25) is 0 Å². The normalized spacial score (nSPS) is 13.0. The third-order valence-corrected chi connectivity index (χ3v) is 3.22. The SMILES string of the molecule is Cc1ccc(S(C)=O)c2cccnc12. The Hall–Kier alpha value is -1.22. The number of hydrogen-bond donors (Lipinski definition) is 0. The molecule has 0 spiro atoms. The standard InChI is InChI=1S/C11H11NOS/c1-8-5-6-10(14(2)13)9-4-3-7-12-11(8)9/h3-7H,1-2H3. The molecule has 0 radical (unpaired) electrons. The molecule has 0 saturated carbocycles. The lowest BCUT2D eigenvalue weighted by Crippen LogP contribution is -1.92. The van der Waals surface area contributed by atoms with Gasteiger partial charge in [-0.2, -0.15) is 0 Å². The van der Waals surface area contributed by atoms with E-state index in [1.807, 2.05) is 31.2 Å². The molecule has 14 heavy (non-hydrogen) atoms. The van der Waals surface area contributed by atoms with Gasteiger partial charge < -0.3 is 0 Å². The van der Waals surface area contributed by atoms with Gasteiger partial charge in [-0.3, -0.25) is 9.19 Å². The fourth-order valence-corrected chi connectivity index (χ4v) is 2.27. The number of pyridine rings is 1. The van der Waals surface area contributed by atoms with E-state index in [1.54, 1.807) is 12.5 Å². The molecule has 1 atom stereocenters. The third-order valence-electron chi connectivity index (χ3n) is 2.24. The third kappa shape index (κ3) is 1.44. The van der Waals surface area contributed by atoms with Crippen LogP contribution < -0.4 is 0 Å². The van der Waals surface area contributed by atoms with E-state index < -0.39 is 10.8 Å². The molecule has 0 bridgehead atoms. The molecule has 0 aliphatic carbocycles. The average Bonchev–Trinajstić information content (AvgIpc) is 2.18. The van der Waals surface area contributed by atoms with Crippen LogP contribution >= 0.6 is 0 Å². The maximum absolute atomic E-state index is 11.5. The molecule has 2 aromatic rings. The van der Waals surface area contributed by atoms with Crippen LogP contribution in [0, 0.1) is 6.92 Å². The van der Waals surface area contributed by atoms with Crippen LogP contribution in [0.1, 0.15) is 5.56 Å². The highest BCUT2D eigenvalue weighted by Crippen LogP contribution is 2.22. The second kappa shape index (κ2) is 3.50. The smallest absolute Gasteiger partial charge is 0.0743 e. The molecule has 1 aromatic carbocycles. The molecular formula is C11H11NOS. The van der Waals surface area contributed by atoms with Gasteiger partial charge in [-0.05, 0) is 24.6 Å². The largest absolute Gasteiger partial charge is 0.256 e. The molecule has 72 valence electrons. The van der Waals surface area contributed by atoms with Gasteiger partial charge in [0.15, 0.2) is 0 Å². The van der Waals surface area contributed by atoms with Gasteiger partial charge in [-0.15, -0.1) is 0 Å². The fraction of sp³-hybridized carbons (Fsp3) is 0.182. The Morgan fingerprint density at radius 1 is 1.29 bits per heavy atom. The van der Waals surface area contributed by atoms with Crippen molar-refractivity contribution in [3.63, 3.8) is 0 Å². The lowest BCUT2D eigenvalue weighted by atomic mass is 10.1. The monoisotopic (exact) mass is 205 g/mol. The molecule has 0 aliphatic heterocycles. The predicted molar refractivity (Wildman–Crippen MR) is 58.8 cm³/mol. The Balaban J connectivity index is 2.88. The first-order valence-corrected chi connectivity index (χ1v) is 5.93. The van der Waals surface area contributed by atoms with Crippen molar-refractivity contribution in [2.45, 2.75) is 11.8 Å². The zero-order valence-corrected chi connectivity index (χ0v) is 8.97. The first kappa shape index (κ1) is 9.34. The molecule has 0 amide bonds. The predicted octanol–water partition coefficient (Wildman–Crippen LogP) is 2.28. The molecule has 0 fully saturated rings. The molecule has 1 unspecified atom stereocenters. The van der Waals surface area contributed by atoms with Crippen molar-refractivity contribution in [1.82, 2.24) is 4.98 Å². The van der Waals surface area contributed by atoms with Crippen molar-refractivity contribution in [3.8, 4) is 0 Å². The summed E-state index contributed by atoms with van der Waals surface area (Å²) in [6.45, 7) is 2.01. The van der Waals surface area contributed by atoms with E-state index in [2.05, 4.69) is 4.98 Å². The summed E-state index contributed by atoms with van der Waals surface area (Å²) in [5.74, 6) is 0. The lowest BCUT2D eigenvalue weighted by molar-refractivity contribution is 0.687. The average molecular weight is 205 g/mol. The number of hydrogen-bond acceptors (Lipinski definition) is 2. The summed E-state index contributed by atoms with van der Waals surface area (Å²) in [5.41, 5.74) is 2.06. The van der Waals surface area contributed by atoms with Crippen molar-refractivity contribution in [2.24, 2.45) is 0 Å². The van der Waals surface area contributed by atoms with E-state index in [0.717, 1.165) is 21.4 Å². The minimum absolute atomic E-state index is 0.860. The zero-order chi connectivity index (χ0) is 10.1. The number of aryl methyl sites for hydroxylation is 1. The molecule has 0 N–H and O–H groups in total. The van der Waals surface area contributed by atoms with Crippen LogP contribution in [-0.4, -0.2) is 15.4 Å². The summed E-state index contributed by atoms with van der Waals surface area (Å²) in [4.78, 5) is 5.15. The van der Waals surface area contributed by atoms with Crippen molar-refractivity contribution < 1.29 is 4.21 Å². The van der Waals surface area contributed by atoms with Crippen LogP contribution in [0.25, 0.3) is 10.9 Å². The Morgan fingerprint density at radius 2 is 2.07 bits per heavy atom. The quantitative estimate of drug-likeness (QED) is 0.715. The highest BCUT2D eigenvalue weighted by molar-refractivity contribution is 7.84. The van der Waals surface area contributed by atoms with E-state index in [-0.39, 0.29) is 0 Å². The highest BCUT2D eigenvalue weighted by Gasteiger charge is 2.06. The summed E-state index contributed by atoms with van der Waals surface area (Å²) in [5, 5.41) is 0.994. The minimum atomic E-state index is -0.952. The first-order valence-electron chi connectivity index (χ1n) is 4.38. The summed E-state index contributed by atoms with van der Waals surface area (Å²) in [7, 11) is -0.952. The Morgan fingerprint density at radius 3 is 2.79 bits per heavy atom. The molecule has 1 aromatic heterocycles. The molecule has 1 heterocycles. The molecule has 2 rings (SSSR count). The fourth-order valence-electron chi connectivity index (χ4n) is 1.54. The van der Waals surface area contributed by atoms with E-state index in [4.69, 9.17) is 0 Å². The van der Waals surface area contributed by atoms with Crippen LogP contribution in [0.3, 0.4) is 0 Å². The number of nitrogens with zero attached hydrogens (tertiary/aromatic N) is 1. The van der Waals surface area contributed by atoms with E-state index >= 15 is 0 Å². The van der Waals surface area contributed by atoms with Gasteiger partial charge in [0.25, 0.3) is 0 Å². The molecule has 0 aliphatic rings. The number of benzene rings is 1. The number of rotatable bonds is 1. The topological polar surface area (TPSA) is 30.0 Å². The maximum Gasteiger partial charge on any atom is 0.0743 e. The van der Waals surface area contributed by atoms with Crippen molar-refractivity contribution in [3.05, 3.63) is 36.0 Å². The maximum atomic E-state index is 11.5. The van der Waals surface area contributed by atoms with Crippen LogP contribution in [0.4, 0.5) is 0 Å². The second-order valence-electron chi connectivity index (χ2n) is 3.23. The van der Waals surface area contributed by atoms with Crippen molar-refractivity contribution in [1.29, 1.82) is 0 Å². The molecule has 0 saturated heterocycles. The van der Waals surface area contributed by atoms with Gasteiger partial charge in [0.1, 0.15) is 0 Å². The van der Waals surface area contributed by atoms with Gasteiger partial charge in [0.05, 0.1) is 16.3 Å². The van der Waals surface area contributed by atoms with Gasteiger partial charge >= 0.3 is 0 Å². The number of aromatic nitrogens is 1. The molecular weight excluding hydrogens is 194 g/mol. The summed E-state index contributed by atoms with van der Waals surface area (Å²) < 4.78 is 11.5. The van der Waals surface area contributed by atoms with Gasteiger partial charge in [0, 0.05) is 22.7 Å². The Bertz CT molecular complexity index is 508. The van der Waals surface area contributed by atoms with Crippen LogP contribution in [0.5, 0.6) is 0 Å². The Kier molecular flexibility index (Phi) is 2.33. The minimum Gasteiger partial charge on any atom is -0.256 e. The van der Waals surface area contributed by atoms with Gasteiger partial charge in [-0.1, -0.05) is 12.1 Å².